The molecule has 0 spiro atoms. The molecule has 4 rings (SSSR count). The maximum atomic E-state index is 13.9. The Hall–Kier alpha value is -2.78. The van der Waals surface area contributed by atoms with Crippen LogP contribution < -0.4 is 16.0 Å². The van der Waals surface area contributed by atoms with Crippen molar-refractivity contribution in [1.29, 1.82) is 0 Å². The number of pyridine rings is 3. The molecular formula is C26H35N4O6P. The average Bonchev–Trinajstić information content (AvgIpc) is 2.88. The molecule has 0 bridgehead atoms. The molecule has 1 aliphatic rings. The normalized spacial score (nSPS) is 18.3. The Morgan fingerprint density at radius 3 is 2.43 bits per heavy atom. The number of nitrogens with two attached hydrogens (primary N) is 1. The summed E-state index contributed by atoms with van der Waals surface area (Å²) in [4.78, 5) is 22.7. The zero-order valence-corrected chi connectivity index (χ0v) is 22.7. The van der Waals surface area contributed by atoms with Gasteiger partial charge in [-0.25, -0.2) is 9.97 Å². The Balaban J connectivity index is 1.63. The number of fused-ring (bicyclic) bond motifs is 1. The van der Waals surface area contributed by atoms with E-state index in [1.54, 1.807) is 44.0 Å². The lowest BCUT2D eigenvalue weighted by atomic mass is 9.82. The van der Waals surface area contributed by atoms with Crippen LogP contribution >= 0.6 is 7.60 Å². The van der Waals surface area contributed by atoms with E-state index >= 15 is 0 Å². The van der Waals surface area contributed by atoms with Gasteiger partial charge in [-0.1, -0.05) is 0 Å². The van der Waals surface area contributed by atoms with E-state index in [1.165, 1.54) is 0 Å². The minimum atomic E-state index is -3.27. The largest absolute Gasteiger partial charge is 0.481 e. The molecule has 1 fully saturated rings. The minimum Gasteiger partial charge on any atom is -0.481 e. The second-order valence-corrected chi connectivity index (χ2v) is 11.1. The predicted octanol–water partition coefficient (Wildman–Crippen LogP) is 4.95. The highest BCUT2D eigenvalue weighted by Gasteiger charge is 2.31. The van der Waals surface area contributed by atoms with Crippen molar-refractivity contribution in [2.45, 2.75) is 58.5 Å². The summed E-state index contributed by atoms with van der Waals surface area (Å²) < 4.78 is 36.2. The standard InChI is InChI=1S/C26H35N4O6P/c1-5-35-37(32,36-6-2)16-34-20-10-7-18(8-11-20)24-25-21(17(3)13-22(27)29-25)15-30(26(24)31)19-9-12-23(33-4)28-14-19/h9,12-15,18,20H,5-8,10-11,16H2,1-4H3,(H2,27,29). The van der Waals surface area contributed by atoms with Gasteiger partial charge in [0.2, 0.25) is 5.88 Å². The van der Waals surface area contributed by atoms with Crippen molar-refractivity contribution in [2.75, 3.05) is 32.4 Å². The first kappa shape index (κ1) is 27.3. The fourth-order valence-corrected chi connectivity index (χ4v) is 6.31. The van der Waals surface area contributed by atoms with E-state index in [2.05, 4.69) is 9.97 Å². The molecule has 0 unspecified atom stereocenters. The molecule has 0 amide bonds. The molecule has 3 aromatic heterocycles. The van der Waals surface area contributed by atoms with E-state index in [9.17, 15) is 9.36 Å². The molecule has 0 radical (unpaired) electrons. The number of methoxy groups -OCH3 is 1. The van der Waals surface area contributed by atoms with Crippen molar-refractivity contribution in [3.63, 3.8) is 0 Å². The second kappa shape index (κ2) is 11.7. The monoisotopic (exact) mass is 530 g/mol. The summed E-state index contributed by atoms with van der Waals surface area (Å²) in [5.74, 6) is 0.835. The Bertz CT molecular complexity index is 1330. The SMILES string of the molecule is CCOP(=O)(COC1CCC(c2c(=O)n(-c3ccc(OC)nc3)cc3c(C)cc(N)nc23)CC1)OCC. The van der Waals surface area contributed by atoms with Crippen molar-refractivity contribution < 1.29 is 23.1 Å². The van der Waals surface area contributed by atoms with Crippen LogP contribution in [0.25, 0.3) is 16.6 Å². The Kier molecular flexibility index (Phi) is 8.64. The fraction of sp³-hybridized carbons (Fsp3) is 0.500. The Labute approximate surface area is 216 Å². The zero-order valence-electron chi connectivity index (χ0n) is 21.8. The lowest BCUT2D eigenvalue weighted by molar-refractivity contribution is 0.0378. The third-order valence-electron chi connectivity index (χ3n) is 6.66. The number of hydrogen-bond acceptors (Lipinski definition) is 9. The highest BCUT2D eigenvalue weighted by molar-refractivity contribution is 7.53. The highest BCUT2D eigenvalue weighted by atomic mass is 31.2. The number of aromatic nitrogens is 3. The highest BCUT2D eigenvalue weighted by Crippen LogP contribution is 2.49. The molecular weight excluding hydrogens is 495 g/mol. The van der Waals surface area contributed by atoms with Gasteiger partial charge < -0.3 is 24.3 Å². The summed E-state index contributed by atoms with van der Waals surface area (Å²) >= 11 is 0. The molecule has 1 saturated carbocycles. The summed E-state index contributed by atoms with van der Waals surface area (Å²) in [7, 11) is -1.72. The molecule has 10 nitrogen and oxygen atoms in total. The van der Waals surface area contributed by atoms with Crippen molar-refractivity contribution in [1.82, 2.24) is 14.5 Å². The summed E-state index contributed by atoms with van der Waals surface area (Å²) in [6.07, 6.45) is 6.14. The van der Waals surface area contributed by atoms with Crippen LogP contribution in [-0.2, 0) is 18.3 Å². The van der Waals surface area contributed by atoms with Crippen LogP contribution in [0, 0.1) is 6.92 Å². The molecule has 3 heterocycles. The van der Waals surface area contributed by atoms with Gasteiger partial charge in [-0.2, -0.15) is 0 Å². The van der Waals surface area contributed by atoms with Crippen LogP contribution in [0.15, 0.2) is 35.4 Å². The average molecular weight is 531 g/mol. The van der Waals surface area contributed by atoms with Crippen LogP contribution in [-0.4, -0.2) is 47.3 Å². The maximum absolute atomic E-state index is 13.9. The van der Waals surface area contributed by atoms with E-state index in [0.717, 1.165) is 23.8 Å². The van der Waals surface area contributed by atoms with Gasteiger partial charge in [0.1, 0.15) is 12.2 Å². The smallest absolute Gasteiger partial charge is 0.356 e. The topological polar surface area (TPSA) is 128 Å². The van der Waals surface area contributed by atoms with Crippen molar-refractivity contribution in [2.24, 2.45) is 0 Å². The number of anilines is 1. The molecule has 0 aromatic carbocycles. The van der Waals surface area contributed by atoms with Crippen LogP contribution in [0.4, 0.5) is 5.82 Å². The van der Waals surface area contributed by atoms with Gasteiger partial charge in [0.25, 0.3) is 5.56 Å². The van der Waals surface area contributed by atoms with Crippen molar-refractivity contribution >= 4 is 24.3 Å². The zero-order chi connectivity index (χ0) is 26.6. The first-order valence-corrected chi connectivity index (χ1v) is 14.3. The van der Waals surface area contributed by atoms with E-state index < -0.39 is 7.60 Å². The van der Waals surface area contributed by atoms with Gasteiger partial charge >= 0.3 is 7.60 Å². The molecule has 0 aliphatic heterocycles. The molecule has 0 saturated heterocycles. The van der Waals surface area contributed by atoms with Crippen LogP contribution in [0.1, 0.15) is 56.6 Å². The van der Waals surface area contributed by atoms with E-state index in [-0.39, 0.29) is 23.9 Å². The summed E-state index contributed by atoms with van der Waals surface area (Å²) in [6.45, 7) is 6.10. The van der Waals surface area contributed by atoms with Gasteiger partial charge in [-0.3, -0.25) is 13.9 Å². The van der Waals surface area contributed by atoms with Gasteiger partial charge in [0, 0.05) is 23.2 Å². The molecule has 11 heteroatoms. The predicted molar refractivity (Wildman–Crippen MR) is 143 cm³/mol. The van der Waals surface area contributed by atoms with Gasteiger partial charge in [-0.05, 0) is 70.1 Å². The van der Waals surface area contributed by atoms with E-state index in [0.29, 0.717) is 54.5 Å². The maximum Gasteiger partial charge on any atom is 0.356 e. The third-order valence-corrected chi connectivity index (χ3v) is 8.43. The number of aryl methyl sites for hydroxylation is 1. The number of nitrogens with zero attached hydrogens (tertiary/aromatic N) is 3. The lowest BCUT2D eigenvalue weighted by Crippen LogP contribution is -2.29. The van der Waals surface area contributed by atoms with Crippen LogP contribution in [0.5, 0.6) is 5.88 Å². The number of nitrogen functional groups attached to an aromatic ring is 1. The summed E-state index contributed by atoms with van der Waals surface area (Å²) in [5.41, 5.74) is 8.83. The molecule has 2 N–H and O–H groups in total. The molecule has 3 aromatic rings. The molecule has 1 aliphatic carbocycles. The quantitative estimate of drug-likeness (QED) is 0.362. The molecule has 37 heavy (non-hydrogen) atoms. The van der Waals surface area contributed by atoms with Crippen LogP contribution in [0.3, 0.4) is 0 Å². The third kappa shape index (κ3) is 6.04. The molecule has 0 atom stereocenters. The van der Waals surface area contributed by atoms with Gasteiger partial charge in [0.05, 0.1) is 43.8 Å². The first-order chi connectivity index (χ1) is 17.8. The van der Waals surface area contributed by atoms with E-state index in [1.807, 2.05) is 19.1 Å². The van der Waals surface area contributed by atoms with Crippen LogP contribution in [0.2, 0.25) is 0 Å². The Morgan fingerprint density at radius 1 is 1.14 bits per heavy atom. The summed E-state index contributed by atoms with van der Waals surface area (Å²) in [6, 6.07) is 5.35. The van der Waals surface area contributed by atoms with Gasteiger partial charge in [-0.15, -0.1) is 0 Å². The molecule has 200 valence electrons. The van der Waals surface area contributed by atoms with E-state index in [4.69, 9.17) is 24.3 Å². The Morgan fingerprint density at radius 2 is 1.84 bits per heavy atom. The minimum absolute atomic E-state index is 0.0206. The van der Waals surface area contributed by atoms with Crippen molar-refractivity contribution in [3.05, 3.63) is 52.1 Å². The van der Waals surface area contributed by atoms with Gasteiger partial charge in [0.15, 0.2) is 0 Å². The second-order valence-electron chi connectivity index (χ2n) is 9.12. The fourth-order valence-electron chi connectivity index (χ4n) is 4.91. The number of rotatable bonds is 10. The van der Waals surface area contributed by atoms with Crippen molar-refractivity contribution in [3.8, 4) is 11.6 Å². The number of hydrogen-bond donors (Lipinski definition) is 1. The summed E-state index contributed by atoms with van der Waals surface area (Å²) in [5, 5.41) is 0.868. The number of ether oxygens (including phenoxy) is 2. The first-order valence-electron chi connectivity index (χ1n) is 12.6. The lowest BCUT2D eigenvalue weighted by Gasteiger charge is -2.30.